The molecule has 1 aromatic heterocycles. The molecule has 0 saturated carbocycles. The number of nitrogens with one attached hydrogen (secondary N) is 1. The molecule has 1 aliphatic rings. The van der Waals surface area contributed by atoms with Crippen molar-refractivity contribution in [2.24, 2.45) is 0 Å². The predicted molar refractivity (Wildman–Crippen MR) is 150 cm³/mol. The van der Waals surface area contributed by atoms with E-state index in [4.69, 9.17) is 14.2 Å². The van der Waals surface area contributed by atoms with E-state index in [1.165, 1.54) is 6.07 Å². The highest BCUT2D eigenvalue weighted by molar-refractivity contribution is 5.76. The molecule has 39 heavy (non-hydrogen) atoms. The Labute approximate surface area is 230 Å². The van der Waals surface area contributed by atoms with Crippen molar-refractivity contribution in [2.75, 3.05) is 31.6 Å². The lowest BCUT2D eigenvalue weighted by Gasteiger charge is -2.30. The standard InChI is InChI=1S/C30H41F2N3O4/c1-6-8-18-37-26-13-12-25(28(34-26)38-19-9-7-2)33-22-10-11-23(24(20-22)27(31)32)21-14-16-35(17-15-21)29(36)39-30(3,4)5/h10-14,20,27,33H,6-9,15-19H2,1-5H3. The van der Waals surface area contributed by atoms with Crippen LogP contribution in [0, 0.1) is 0 Å². The molecule has 1 amide bonds. The number of anilines is 2. The number of amides is 1. The molecule has 7 nitrogen and oxygen atoms in total. The van der Waals surface area contributed by atoms with Gasteiger partial charge in [0.15, 0.2) is 0 Å². The molecule has 0 spiro atoms. The van der Waals surface area contributed by atoms with Crippen LogP contribution in [-0.4, -0.2) is 47.9 Å². The quantitative estimate of drug-likeness (QED) is 0.271. The number of alkyl halides is 2. The van der Waals surface area contributed by atoms with Gasteiger partial charge in [0.25, 0.3) is 6.43 Å². The molecule has 0 saturated heterocycles. The van der Waals surface area contributed by atoms with Crippen LogP contribution in [0.2, 0.25) is 0 Å². The van der Waals surface area contributed by atoms with E-state index >= 15 is 0 Å². The summed E-state index contributed by atoms with van der Waals surface area (Å²) in [6, 6.07) is 8.47. The molecule has 2 aromatic rings. The van der Waals surface area contributed by atoms with Gasteiger partial charge in [0, 0.05) is 30.4 Å². The van der Waals surface area contributed by atoms with Gasteiger partial charge in [0.05, 0.1) is 13.2 Å². The summed E-state index contributed by atoms with van der Waals surface area (Å²) < 4.78 is 45.4. The SMILES string of the molecule is CCCCOc1ccc(Nc2ccc(C3=CCN(C(=O)OC(C)(C)C)CC3)c(C(F)F)c2)c(OCCCC)n1. The molecule has 0 fully saturated rings. The number of unbranched alkanes of at least 4 members (excludes halogenated alkanes) is 2. The summed E-state index contributed by atoms with van der Waals surface area (Å²) in [7, 11) is 0. The topological polar surface area (TPSA) is 72.9 Å². The van der Waals surface area contributed by atoms with Crippen LogP contribution in [0.1, 0.15) is 84.3 Å². The molecule has 0 aliphatic carbocycles. The monoisotopic (exact) mass is 545 g/mol. The number of carbonyl (C=O) groups is 1. The zero-order valence-electron chi connectivity index (χ0n) is 23.7. The molecular formula is C30H41F2N3O4. The summed E-state index contributed by atoms with van der Waals surface area (Å²) in [5.41, 5.74) is 1.69. The van der Waals surface area contributed by atoms with Gasteiger partial charge in [-0.3, -0.25) is 0 Å². The van der Waals surface area contributed by atoms with Crippen molar-refractivity contribution in [2.45, 2.75) is 78.7 Å². The minimum atomic E-state index is -2.67. The molecule has 1 N–H and O–H groups in total. The summed E-state index contributed by atoms with van der Waals surface area (Å²) >= 11 is 0. The second-order valence-electron chi connectivity index (χ2n) is 10.5. The van der Waals surface area contributed by atoms with Crippen LogP contribution >= 0.6 is 0 Å². The average Bonchev–Trinajstić information content (AvgIpc) is 2.89. The fourth-order valence-electron chi connectivity index (χ4n) is 4.02. The van der Waals surface area contributed by atoms with E-state index in [1.54, 1.807) is 29.2 Å². The van der Waals surface area contributed by atoms with Gasteiger partial charge < -0.3 is 24.4 Å². The number of nitrogens with zero attached hydrogens (tertiary/aromatic N) is 2. The normalized spacial score (nSPS) is 13.7. The van der Waals surface area contributed by atoms with Crippen LogP contribution in [0.15, 0.2) is 36.4 Å². The third-order valence-electron chi connectivity index (χ3n) is 6.09. The molecule has 214 valence electrons. The van der Waals surface area contributed by atoms with Crippen molar-refractivity contribution >= 4 is 23.0 Å². The molecule has 9 heteroatoms. The van der Waals surface area contributed by atoms with E-state index < -0.39 is 18.1 Å². The number of carbonyl (C=O) groups excluding carboxylic acids is 1. The van der Waals surface area contributed by atoms with Crippen LogP contribution in [0.3, 0.4) is 0 Å². The van der Waals surface area contributed by atoms with Crippen molar-refractivity contribution in [3.8, 4) is 11.8 Å². The van der Waals surface area contributed by atoms with Gasteiger partial charge in [0.1, 0.15) is 11.3 Å². The molecule has 0 unspecified atom stereocenters. The van der Waals surface area contributed by atoms with Gasteiger partial charge in [-0.15, -0.1) is 0 Å². The van der Waals surface area contributed by atoms with E-state index in [9.17, 15) is 13.6 Å². The average molecular weight is 546 g/mol. The van der Waals surface area contributed by atoms with Crippen LogP contribution in [0.4, 0.5) is 25.0 Å². The number of halogens is 2. The molecule has 1 aliphatic heterocycles. The Morgan fingerprint density at radius 3 is 2.41 bits per heavy atom. The number of hydrogen-bond acceptors (Lipinski definition) is 6. The van der Waals surface area contributed by atoms with Crippen LogP contribution in [0.5, 0.6) is 11.8 Å². The van der Waals surface area contributed by atoms with Crippen molar-refractivity contribution < 1.29 is 27.8 Å². The van der Waals surface area contributed by atoms with E-state index in [1.807, 2.05) is 26.8 Å². The molecule has 0 radical (unpaired) electrons. The lowest BCUT2D eigenvalue weighted by molar-refractivity contribution is 0.0270. The van der Waals surface area contributed by atoms with Crippen LogP contribution < -0.4 is 14.8 Å². The lowest BCUT2D eigenvalue weighted by atomic mass is 9.94. The Balaban J connectivity index is 1.79. The highest BCUT2D eigenvalue weighted by atomic mass is 19.3. The summed E-state index contributed by atoms with van der Waals surface area (Å²) in [6.45, 7) is 11.4. The first-order valence-electron chi connectivity index (χ1n) is 13.7. The maximum Gasteiger partial charge on any atom is 0.410 e. The Morgan fingerprint density at radius 2 is 1.79 bits per heavy atom. The molecular weight excluding hydrogens is 504 g/mol. The lowest BCUT2D eigenvalue weighted by Crippen LogP contribution is -2.39. The highest BCUT2D eigenvalue weighted by Crippen LogP contribution is 2.36. The third-order valence-corrected chi connectivity index (χ3v) is 6.09. The van der Waals surface area contributed by atoms with Gasteiger partial charge in [-0.2, -0.15) is 4.98 Å². The van der Waals surface area contributed by atoms with Crippen LogP contribution in [-0.2, 0) is 4.74 Å². The van der Waals surface area contributed by atoms with Gasteiger partial charge in [-0.25, -0.2) is 13.6 Å². The van der Waals surface area contributed by atoms with Crippen molar-refractivity contribution in [1.29, 1.82) is 0 Å². The first-order valence-corrected chi connectivity index (χ1v) is 13.7. The van der Waals surface area contributed by atoms with Crippen molar-refractivity contribution in [3.63, 3.8) is 0 Å². The summed E-state index contributed by atoms with van der Waals surface area (Å²) in [6.07, 6.45) is 2.99. The number of ether oxygens (including phenoxy) is 3. The second kappa shape index (κ2) is 14.1. The molecule has 3 rings (SSSR count). The Kier molecular flexibility index (Phi) is 10.9. The number of benzene rings is 1. The summed E-state index contributed by atoms with van der Waals surface area (Å²) in [5, 5.41) is 3.20. The Bertz CT molecular complexity index is 1130. The number of pyridine rings is 1. The molecule has 0 bridgehead atoms. The molecule has 1 aromatic carbocycles. The second-order valence-corrected chi connectivity index (χ2v) is 10.5. The smallest absolute Gasteiger partial charge is 0.410 e. The summed E-state index contributed by atoms with van der Waals surface area (Å²) in [4.78, 5) is 18.4. The largest absolute Gasteiger partial charge is 0.478 e. The van der Waals surface area contributed by atoms with Gasteiger partial charge in [-0.05, 0) is 69.4 Å². The maximum absolute atomic E-state index is 14.2. The molecule has 0 atom stereocenters. The predicted octanol–water partition coefficient (Wildman–Crippen LogP) is 8.14. The highest BCUT2D eigenvalue weighted by Gasteiger charge is 2.25. The minimum absolute atomic E-state index is 0.0714. The van der Waals surface area contributed by atoms with E-state index in [-0.39, 0.29) is 5.56 Å². The Morgan fingerprint density at radius 1 is 1.08 bits per heavy atom. The molecule has 2 heterocycles. The number of hydrogen-bond donors (Lipinski definition) is 1. The summed E-state index contributed by atoms with van der Waals surface area (Å²) in [5.74, 6) is 0.839. The van der Waals surface area contributed by atoms with Gasteiger partial charge >= 0.3 is 6.09 Å². The number of rotatable bonds is 12. The zero-order chi connectivity index (χ0) is 28.4. The number of aromatic nitrogens is 1. The maximum atomic E-state index is 14.2. The fourth-order valence-corrected chi connectivity index (χ4v) is 4.02. The van der Waals surface area contributed by atoms with Crippen LogP contribution in [0.25, 0.3) is 5.57 Å². The van der Waals surface area contributed by atoms with E-state index in [0.717, 1.165) is 31.3 Å². The van der Waals surface area contributed by atoms with E-state index in [0.29, 0.717) is 61.4 Å². The van der Waals surface area contributed by atoms with Gasteiger partial charge in [0.2, 0.25) is 11.8 Å². The van der Waals surface area contributed by atoms with Crippen molar-refractivity contribution in [3.05, 3.63) is 47.5 Å². The minimum Gasteiger partial charge on any atom is -0.478 e. The van der Waals surface area contributed by atoms with E-state index in [2.05, 4.69) is 24.1 Å². The Hall–Kier alpha value is -3.36. The first-order chi connectivity index (χ1) is 18.6. The zero-order valence-corrected chi connectivity index (χ0v) is 23.7. The first kappa shape index (κ1) is 30.2. The third kappa shape index (κ3) is 9.11. The van der Waals surface area contributed by atoms with Gasteiger partial charge in [-0.1, -0.05) is 38.8 Å². The van der Waals surface area contributed by atoms with Crippen molar-refractivity contribution in [1.82, 2.24) is 9.88 Å². The fraction of sp³-hybridized carbons (Fsp3) is 0.533.